The number of rotatable bonds is 3. The summed E-state index contributed by atoms with van der Waals surface area (Å²) in [4.78, 5) is 11.5. The molecule has 2 aromatic rings. The molecule has 0 radical (unpaired) electrons. The molecular formula is C13H14BrNO3. The molecule has 4 nitrogen and oxygen atoms in total. The number of ether oxygens (including phenoxy) is 1. The summed E-state index contributed by atoms with van der Waals surface area (Å²) in [5.74, 6) is -0.621. The number of aliphatic hydroxyl groups is 1. The van der Waals surface area contributed by atoms with Gasteiger partial charge in [0.05, 0.1) is 6.61 Å². The average Bonchev–Trinajstić information content (AvgIpc) is 2.64. The second kappa shape index (κ2) is 5.12. The maximum absolute atomic E-state index is 11.5. The highest BCUT2D eigenvalue weighted by molar-refractivity contribution is 9.10. The molecule has 0 aliphatic heterocycles. The van der Waals surface area contributed by atoms with Gasteiger partial charge in [0, 0.05) is 28.6 Å². The van der Waals surface area contributed by atoms with Crippen LogP contribution in [0, 0.1) is 0 Å². The molecule has 0 aliphatic carbocycles. The van der Waals surface area contributed by atoms with E-state index >= 15 is 0 Å². The Morgan fingerprint density at radius 2 is 2.28 bits per heavy atom. The predicted octanol–water partition coefficient (Wildman–Crippen LogP) is 2.54. The van der Waals surface area contributed by atoms with Crippen LogP contribution >= 0.6 is 15.9 Å². The van der Waals surface area contributed by atoms with Gasteiger partial charge in [-0.25, -0.2) is 4.79 Å². The quantitative estimate of drug-likeness (QED) is 0.886. The molecule has 0 spiro atoms. The molecule has 1 unspecified atom stereocenters. The highest BCUT2D eigenvalue weighted by atomic mass is 79.9. The molecule has 0 bridgehead atoms. The highest BCUT2D eigenvalue weighted by Gasteiger charge is 2.19. The maximum Gasteiger partial charge on any atom is 0.339 e. The van der Waals surface area contributed by atoms with Gasteiger partial charge in [0.15, 0.2) is 6.10 Å². The van der Waals surface area contributed by atoms with Gasteiger partial charge in [0.25, 0.3) is 0 Å². The Morgan fingerprint density at radius 3 is 2.94 bits per heavy atom. The Hall–Kier alpha value is -1.33. The Morgan fingerprint density at radius 1 is 1.56 bits per heavy atom. The van der Waals surface area contributed by atoms with E-state index in [0.29, 0.717) is 5.56 Å². The number of carbonyl (C=O) groups excluding carboxylic acids is 1. The zero-order valence-electron chi connectivity index (χ0n) is 10.2. The first kappa shape index (κ1) is 13.1. The third-order valence-corrected chi connectivity index (χ3v) is 3.42. The molecule has 1 aromatic carbocycles. The van der Waals surface area contributed by atoms with Crippen LogP contribution in [0.4, 0.5) is 0 Å². The Bertz CT molecular complexity index is 591. The van der Waals surface area contributed by atoms with Crippen LogP contribution in [0.25, 0.3) is 10.9 Å². The van der Waals surface area contributed by atoms with E-state index < -0.39 is 12.1 Å². The molecule has 1 heterocycles. The van der Waals surface area contributed by atoms with E-state index in [2.05, 4.69) is 15.9 Å². The zero-order chi connectivity index (χ0) is 13.3. The lowest BCUT2D eigenvalue weighted by Gasteiger charge is -2.10. The monoisotopic (exact) mass is 311 g/mol. The predicted molar refractivity (Wildman–Crippen MR) is 72.2 cm³/mol. The molecular weight excluding hydrogens is 298 g/mol. The number of aryl methyl sites for hydroxylation is 1. The first-order chi connectivity index (χ1) is 8.54. The first-order valence-corrected chi connectivity index (χ1v) is 6.43. The molecule has 1 N–H and O–H groups in total. The van der Waals surface area contributed by atoms with E-state index in [1.807, 2.05) is 23.9 Å². The van der Waals surface area contributed by atoms with Gasteiger partial charge < -0.3 is 14.4 Å². The Kier molecular flexibility index (Phi) is 3.73. The van der Waals surface area contributed by atoms with Crippen molar-refractivity contribution in [2.75, 3.05) is 6.61 Å². The number of aliphatic hydroxyl groups excluding tert-OH is 1. The molecule has 0 saturated carbocycles. The van der Waals surface area contributed by atoms with Crippen molar-refractivity contribution < 1.29 is 14.6 Å². The Labute approximate surface area is 113 Å². The minimum atomic E-state index is -1.23. The van der Waals surface area contributed by atoms with E-state index in [1.165, 1.54) is 0 Å². The number of halogens is 1. The largest absolute Gasteiger partial charge is 0.464 e. The summed E-state index contributed by atoms with van der Waals surface area (Å²) < 4.78 is 7.70. The molecule has 18 heavy (non-hydrogen) atoms. The van der Waals surface area contributed by atoms with Gasteiger partial charge >= 0.3 is 5.97 Å². The Balaban J connectivity index is 2.41. The molecule has 1 aromatic heterocycles. The van der Waals surface area contributed by atoms with Crippen molar-refractivity contribution in [3.63, 3.8) is 0 Å². The standard InChI is InChI=1S/C13H14BrNO3/c1-3-18-13(17)12(16)8-4-5-11-9(6-8)10(14)7-15(11)2/h4-7,12,16H,3H2,1-2H3. The van der Waals surface area contributed by atoms with Gasteiger partial charge in [0.2, 0.25) is 0 Å². The molecule has 2 rings (SSSR count). The summed E-state index contributed by atoms with van der Waals surface area (Å²) in [6.07, 6.45) is 0.701. The third-order valence-electron chi connectivity index (χ3n) is 2.79. The summed E-state index contributed by atoms with van der Waals surface area (Å²) in [6, 6.07) is 5.40. The van der Waals surface area contributed by atoms with Crippen LogP contribution in [0.2, 0.25) is 0 Å². The SMILES string of the molecule is CCOC(=O)C(O)c1ccc2c(c1)c(Br)cn2C. The van der Waals surface area contributed by atoms with Crippen LogP contribution in [0.15, 0.2) is 28.9 Å². The van der Waals surface area contributed by atoms with Gasteiger partial charge in [-0.05, 0) is 40.5 Å². The zero-order valence-corrected chi connectivity index (χ0v) is 11.8. The number of hydrogen-bond acceptors (Lipinski definition) is 3. The van der Waals surface area contributed by atoms with E-state index in [1.54, 1.807) is 19.1 Å². The number of hydrogen-bond donors (Lipinski definition) is 1. The summed E-state index contributed by atoms with van der Waals surface area (Å²) in [6.45, 7) is 1.97. The number of esters is 1. The lowest BCUT2D eigenvalue weighted by molar-refractivity contribution is -0.153. The van der Waals surface area contributed by atoms with E-state index in [0.717, 1.165) is 15.4 Å². The van der Waals surface area contributed by atoms with Crippen molar-refractivity contribution in [2.24, 2.45) is 7.05 Å². The van der Waals surface area contributed by atoms with Gasteiger partial charge in [-0.1, -0.05) is 6.07 Å². The number of benzene rings is 1. The number of fused-ring (bicyclic) bond motifs is 1. The topological polar surface area (TPSA) is 51.5 Å². The second-order valence-electron chi connectivity index (χ2n) is 4.02. The molecule has 96 valence electrons. The minimum absolute atomic E-state index is 0.257. The molecule has 0 amide bonds. The van der Waals surface area contributed by atoms with Gasteiger partial charge in [0.1, 0.15) is 0 Å². The smallest absolute Gasteiger partial charge is 0.339 e. The van der Waals surface area contributed by atoms with Crippen LogP contribution < -0.4 is 0 Å². The fourth-order valence-corrected chi connectivity index (χ4v) is 2.51. The molecule has 1 atom stereocenters. The normalized spacial score (nSPS) is 12.7. The highest BCUT2D eigenvalue weighted by Crippen LogP contribution is 2.28. The van der Waals surface area contributed by atoms with Gasteiger partial charge in [-0.2, -0.15) is 0 Å². The van der Waals surface area contributed by atoms with E-state index in [-0.39, 0.29) is 6.61 Å². The van der Waals surface area contributed by atoms with Crippen LogP contribution in [0.1, 0.15) is 18.6 Å². The van der Waals surface area contributed by atoms with Crippen LogP contribution in [0.3, 0.4) is 0 Å². The average molecular weight is 312 g/mol. The van der Waals surface area contributed by atoms with E-state index in [4.69, 9.17) is 4.74 Å². The van der Waals surface area contributed by atoms with Crippen LogP contribution in [-0.4, -0.2) is 22.2 Å². The minimum Gasteiger partial charge on any atom is -0.464 e. The van der Waals surface area contributed by atoms with Crippen molar-refractivity contribution in [1.82, 2.24) is 4.57 Å². The van der Waals surface area contributed by atoms with Crippen molar-refractivity contribution in [3.05, 3.63) is 34.4 Å². The maximum atomic E-state index is 11.5. The molecule has 5 heteroatoms. The van der Waals surface area contributed by atoms with Gasteiger partial charge in [-0.15, -0.1) is 0 Å². The van der Waals surface area contributed by atoms with Crippen molar-refractivity contribution >= 4 is 32.8 Å². The van der Waals surface area contributed by atoms with E-state index in [9.17, 15) is 9.90 Å². The van der Waals surface area contributed by atoms with Gasteiger partial charge in [-0.3, -0.25) is 0 Å². The third kappa shape index (κ3) is 2.28. The lowest BCUT2D eigenvalue weighted by Crippen LogP contribution is -2.15. The van der Waals surface area contributed by atoms with Crippen molar-refractivity contribution in [2.45, 2.75) is 13.0 Å². The summed E-state index contributed by atoms with van der Waals surface area (Å²) in [5.41, 5.74) is 1.56. The summed E-state index contributed by atoms with van der Waals surface area (Å²) >= 11 is 3.45. The number of carbonyl (C=O) groups is 1. The fourth-order valence-electron chi connectivity index (χ4n) is 1.89. The van der Waals surface area contributed by atoms with Crippen molar-refractivity contribution in [3.8, 4) is 0 Å². The lowest BCUT2D eigenvalue weighted by atomic mass is 10.1. The summed E-state index contributed by atoms with van der Waals surface area (Å²) in [7, 11) is 1.94. The second-order valence-corrected chi connectivity index (χ2v) is 4.87. The molecule has 0 fully saturated rings. The van der Waals surface area contributed by atoms with Crippen LogP contribution in [-0.2, 0) is 16.6 Å². The molecule has 0 aliphatic rings. The summed E-state index contributed by atoms with van der Waals surface area (Å²) in [5, 5.41) is 10.8. The fraction of sp³-hybridized carbons (Fsp3) is 0.308. The van der Waals surface area contributed by atoms with Crippen LogP contribution in [0.5, 0.6) is 0 Å². The number of nitrogens with zero attached hydrogens (tertiary/aromatic N) is 1. The first-order valence-electron chi connectivity index (χ1n) is 5.63. The van der Waals surface area contributed by atoms with Crippen molar-refractivity contribution in [1.29, 1.82) is 0 Å². The molecule has 0 saturated heterocycles. The number of aromatic nitrogens is 1.